The highest BCUT2D eigenvalue weighted by Gasteiger charge is 2.56. The summed E-state index contributed by atoms with van der Waals surface area (Å²) >= 11 is 0. The molecule has 0 heterocycles. The van der Waals surface area contributed by atoms with Gasteiger partial charge in [-0.25, -0.2) is 0 Å². The van der Waals surface area contributed by atoms with Crippen LogP contribution in [0.4, 0.5) is 0 Å². The molecule has 0 aromatic heterocycles. The first kappa shape index (κ1) is 19.7. The Bertz CT molecular complexity index is 487. The van der Waals surface area contributed by atoms with Gasteiger partial charge in [0.05, 0.1) is 6.10 Å². The summed E-state index contributed by atoms with van der Waals surface area (Å²) in [7, 11) is 0. The van der Waals surface area contributed by atoms with Gasteiger partial charge in [-0.15, -0.1) is 6.58 Å². The van der Waals surface area contributed by atoms with Crippen LogP contribution in [0, 0.1) is 34.5 Å². The fraction of sp³-hybridized carbons (Fsp3) is 0.857. The van der Waals surface area contributed by atoms with Crippen molar-refractivity contribution in [1.82, 2.24) is 0 Å². The molecule has 0 aromatic rings. The van der Waals surface area contributed by atoms with Crippen molar-refractivity contribution < 1.29 is 15.0 Å². The van der Waals surface area contributed by atoms with Crippen molar-refractivity contribution in [1.29, 1.82) is 0 Å². The molecule has 0 unspecified atom stereocenters. The number of rotatable bonds is 4. The molecule has 2 bridgehead atoms. The topological polar surface area (TPSA) is 57.5 Å². The van der Waals surface area contributed by atoms with Crippen LogP contribution in [0.2, 0.25) is 0 Å². The van der Waals surface area contributed by atoms with Gasteiger partial charge in [0.2, 0.25) is 0 Å². The molecule has 0 spiro atoms. The zero-order valence-electron chi connectivity index (χ0n) is 16.1. The maximum Gasteiger partial charge on any atom is 0.165 e. The van der Waals surface area contributed by atoms with E-state index in [0.29, 0.717) is 12.3 Å². The average Bonchev–Trinajstić information content (AvgIpc) is 2.58. The summed E-state index contributed by atoms with van der Waals surface area (Å²) in [5.74, 6) is 0.448. The minimum absolute atomic E-state index is 0.00203. The van der Waals surface area contributed by atoms with Crippen LogP contribution in [0.25, 0.3) is 0 Å². The van der Waals surface area contributed by atoms with E-state index in [0.717, 1.165) is 25.7 Å². The van der Waals surface area contributed by atoms with Gasteiger partial charge in [0.1, 0.15) is 6.10 Å². The molecule has 2 rings (SSSR count). The molecule has 3 nitrogen and oxygen atoms in total. The number of carbonyl (C=O) groups is 1. The van der Waals surface area contributed by atoms with Crippen LogP contribution in [0.1, 0.15) is 66.7 Å². The monoisotopic (exact) mass is 336 g/mol. The van der Waals surface area contributed by atoms with Gasteiger partial charge in [0.15, 0.2) is 5.78 Å². The molecule has 3 heteroatoms. The molecule has 0 aliphatic heterocycles. The minimum atomic E-state index is -0.878. The third-order valence-corrected chi connectivity index (χ3v) is 7.74. The zero-order chi connectivity index (χ0) is 18.3. The highest BCUT2D eigenvalue weighted by Crippen LogP contribution is 2.58. The molecule has 138 valence electrons. The smallest absolute Gasteiger partial charge is 0.165 e. The SMILES string of the molecule is C=C[C@]1(C)CC[C@]2(C)[C@H](C)CC[C@H]([C@@H](C)[C@@H]1O)[C@H]2C(=O)[C@@H](O)CC. The lowest BCUT2D eigenvalue weighted by Crippen LogP contribution is -2.56. The van der Waals surface area contributed by atoms with Gasteiger partial charge in [-0.2, -0.15) is 0 Å². The van der Waals surface area contributed by atoms with Crippen molar-refractivity contribution in [2.45, 2.75) is 78.9 Å². The molecule has 2 aliphatic rings. The van der Waals surface area contributed by atoms with Gasteiger partial charge in [0.25, 0.3) is 0 Å². The molecule has 0 amide bonds. The van der Waals surface area contributed by atoms with Crippen LogP contribution >= 0.6 is 0 Å². The van der Waals surface area contributed by atoms with E-state index in [1.165, 1.54) is 0 Å². The molecule has 24 heavy (non-hydrogen) atoms. The molecular weight excluding hydrogens is 300 g/mol. The summed E-state index contributed by atoms with van der Waals surface area (Å²) in [5.41, 5.74) is -0.428. The Kier molecular flexibility index (Phi) is 5.66. The zero-order valence-corrected chi connectivity index (χ0v) is 16.1. The van der Waals surface area contributed by atoms with Crippen molar-refractivity contribution in [3.8, 4) is 0 Å². The Labute approximate surface area is 147 Å². The molecule has 0 saturated heterocycles. The van der Waals surface area contributed by atoms with Crippen molar-refractivity contribution in [2.24, 2.45) is 34.5 Å². The lowest BCUT2D eigenvalue weighted by Gasteiger charge is -2.56. The third kappa shape index (κ3) is 2.99. The maximum absolute atomic E-state index is 13.1. The summed E-state index contributed by atoms with van der Waals surface area (Å²) in [6.07, 6.45) is 4.77. The fourth-order valence-corrected chi connectivity index (χ4v) is 5.39. The number of aliphatic hydroxyl groups excluding tert-OH is 2. The van der Waals surface area contributed by atoms with Crippen LogP contribution in [-0.2, 0) is 4.79 Å². The van der Waals surface area contributed by atoms with Crippen molar-refractivity contribution in [3.63, 3.8) is 0 Å². The molecule has 2 N–H and O–H groups in total. The highest BCUT2D eigenvalue weighted by atomic mass is 16.3. The quantitative estimate of drug-likeness (QED) is 0.764. The Morgan fingerprint density at radius 2 is 1.92 bits per heavy atom. The van der Waals surface area contributed by atoms with E-state index in [-0.39, 0.29) is 34.4 Å². The molecule has 0 radical (unpaired) electrons. The minimum Gasteiger partial charge on any atom is -0.392 e. The van der Waals surface area contributed by atoms with Crippen LogP contribution in [-0.4, -0.2) is 28.2 Å². The van der Waals surface area contributed by atoms with Gasteiger partial charge in [-0.05, 0) is 55.3 Å². The number of hydrogen-bond donors (Lipinski definition) is 2. The van der Waals surface area contributed by atoms with E-state index in [1.807, 2.05) is 13.0 Å². The van der Waals surface area contributed by atoms with Gasteiger partial charge in [-0.1, -0.05) is 40.7 Å². The Morgan fingerprint density at radius 3 is 2.46 bits per heavy atom. The van der Waals surface area contributed by atoms with Gasteiger partial charge in [-0.3, -0.25) is 4.79 Å². The van der Waals surface area contributed by atoms with Gasteiger partial charge < -0.3 is 10.2 Å². The van der Waals surface area contributed by atoms with Crippen LogP contribution in [0.15, 0.2) is 12.7 Å². The van der Waals surface area contributed by atoms with Crippen LogP contribution in [0.3, 0.4) is 0 Å². The first-order valence-corrected chi connectivity index (χ1v) is 9.65. The Balaban J connectivity index is 2.51. The number of Topliss-reactive ketones (excluding diaryl/α,β-unsaturated/α-hetero) is 1. The van der Waals surface area contributed by atoms with E-state index < -0.39 is 12.2 Å². The molecule has 8 atom stereocenters. The lowest BCUT2D eigenvalue weighted by atomic mass is 9.48. The third-order valence-electron chi connectivity index (χ3n) is 7.74. The van der Waals surface area contributed by atoms with E-state index >= 15 is 0 Å². The fourth-order valence-electron chi connectivity index (χ4n) is 5.39. The summed E-state index contributed by atoms with van der Waals surface area (Å²) in [6, 6.07) is 0. The second kappa shape index (κ2) is 6.92. The lowest BCUT2D eigenvalue weighted by molar-refractivity contribution is -0.155. The Hall–Kier alpha value is -0.670. The van der Waals surface area contributed by atoms with Crippen LogP contribution in [0.5, 0.6) is 0 Å². The Morgan fingerprint density at radius 1 is 1.29 bits per heavy atom. The summed E-state index contributed by atoms with van der Waals surface area (Å²) < 4.78 is 0. The van der Waals surface area contributed by atoms with Crippen molar-refractivity contribution in [3.05, 3.63) is 12.7 Å². The first-order valence-electron chi connectivity index (χ1n) is 9.65. The summed E-state index contributed by atoms with van der Waals surface area (Å²) in [5, 5.41) is 21.3. The number of hydrogen-bond acceptors (Lipinski definition) is 3. The number of carbonyl (C=O) groups excluding carboxylic acids is 1. The summed E-state index contributed by atoms with van der Waals surface area (Å²) in [4.78, 5) is 13.1. The number of fused-ring (bicyclic) bond motifs is 2. The van der Waals surface area contributed by atoms with Crippen molar-refractivity contribution >= 4 is 5.78 Å². The van der Waals surface area contributed by atoms with E-state index in [4.69, 9.17) is 0 Å². The maximum atomic E-state index is 13.1. The predicted molar refractivity (Wildman–Crippen MR) is 97.5 cm³/mol. The molecular formula is C21H36O3. The number of aliphatic hydroxyl groups is 2. The predicted octanol–water partition coefficient (Wildman–Crippen LogP) is 3.98. The van der Waals surface area contributed by atoms with Gasteiger partial charge in [0, 0.05) is 11.3 Å². The molecule has 0 aromatic carbocycles. The largest absolute Gasteiger partial charge is 0.392 e. The van der Waals surface area contributed by atoms with Crippen molar-refractivity contribution in [2.75, 3.05) is 0 Å². The first-order chi connectivity index (χ1) is 11.1. The molecule has 2 aliphatic carbocycles. The van der Waals surface area contributed by atoms with Gasteiger partial charge >= 0.3 is 0 Å². The van der Waals surface area contributed by atoms with E-state index in [2.05, 4.69) is 34.3 Å². The van der Waals surface area contributed by atoms with E-state index in [9.17, 15) is 15.0 Å². The molecule has 2 saturated carbocycles. The summed E-state index contributed by atoms with van der Waals surface area (Å²) in [6.45, 7) is 14.5. The van der Waals surface area contributed by atoms with E-state index in [1.54, 1.807) is 0 Å². The normalized spacial score (nSPS) is 47.4. The van der Waals surface area contributed by atoms with Crippen LogP contribution < -0.4 is 0 Å². The number of ketones is 1. The molecule has 2 fully saturated rings. The standard InChI is InChI=1S/C21H36O3/c1-7-16(22)18(23)17-15-10-9-13(3)21(17,6)12-11-20(5,8-2)19(24)14(15)4/h8,13-17,19,22,24H,2,7,9-12H2,1,3-6H3/t13-,14-,15-,16+,17+,19+,20-,21-/m1/s1. The second-order valence-electron chi connectivity index (χ2n) is 8.97. The average molecular weight is 337 g/mol. The highest BCUT2D eigenvalue weighted by molar-refractivity contribution is 5.86. The second-order valence-corrected chi connectivity index (χ2v) is 8.97.